The van der Waals surface area contributed by atoms with Crippen LogP contribution < -0.4 is 0 Å². The molecule has 0 bridgehead atoms. The van der Waals surface area contributed by atoms with E-state index in [9.17, 15) is 12.6 Å². The van der Waals surface area contributed by atoms with Crippen molar-refractivity contribution in [3.8, 4) is 0 Å². The Hall–Kier alpha value is -0.0700. The lowest BCUT2D eigenvalue weighted by Crippen LogP contribution is -2.06. The van der Waals surface area contributed by atoms with Crippen LogP contribution >= 0.6 is 10.8 Å². The van der Waals surface area contributed by atoms with E-state index in [1.807, 2.05) is 0 Å². The molecule has 0 rings (SSSR count). The Balaban J connectivity index is 3.75. The van der Waals surface area contributed by atoms with E-state index in [4.69, 9.17) is 0 Å². The van der Waals surface area contributed by atoms with Gasteiger partial charge in [-0.2, -0.15) is 0 Å². The molecule has 0 radical (unpaired) electrons. The van der Waals surface area contributed by atoms with Gasteiger partial charge >= 0.3 is 0 Å². The molecule has 0 aromatic rings. The van der Waals surface area contributed by atoms with Gasteiger partial charge in [-0.25, -0.2) is 12.6 Å². The fourth-order valence-corrected chi connectivity index (χ4v) is 4.32. The Morgan fingerprint density at radius 1 is 1.22 bits per heavy atom. The van der Waals surface area contributed by atoms with Crippen LogP contribution in [-0.2, 0) is 19.7 Å². The van der Waals surface area contributed by atoms with Gasteiger partial charge < -0.3 is 0 Å². The SMILES string of the molecule is C=CCS(=O)(=O)C/C=C/SS(=O)CCCCCC. The monoisotopic (exact) mass is 310 g/mol. The molecule has 3 nitrogen and oxygen atoms in total. The Labute approximate surface area is 117 Å². The van der Waals surface area contributed by atoms with Gasteiger partial charge in [0.25, 0.3) is 0 Å². The van der Waals surface area contributed by atoms with Crippen molar-refractivity contribution in [2.75, 3.05) is 17.3 Å². The first-order valence-corrected chi connectivity index (χ1v) is 10.6. The standard InChI is InChI=1S/C12H22O3S3/c1-3-5-6-7-10-17(13)16-9-8-12-18(14,15)11-4-2/h4,8-9H,2-3,5-7,10-12H2,1H3/b9-8+. The van der Waals surface area contributed by atoms with Gasteiger partial charge in [-0.3, -0.25) is 0 Å². The molecule has 0 aromatic carbocycles. The molecule has 6 heteroatoms. The molecule has 1 unspecified atom stereocenters. The van der Waals surface area contributed by atoms with E-state index in [1.165, 1.54) is 29.7 Å². The zero-order valence-electron chi connectivity index (χ0n) is 10.8. The van der Waals surface area contributed by atoms with Crippen molar-refractivity contribution in [2.45, 2.75) is 32.6 Å². The van der Waals surface area contributed by atoms with Crippen LogP contribution in [0.3, 0.4) is 0 Å². The molecule has 106 valence electrons. The highest BCUT2D eigenvalue weighted by molar-refractivity contribution is 8.70. The quantitative estimate of drug-likeness (QED) is 0.334. The zero-order valence-corrected chi connectivity index (χ0v) is 13.3. The average Bonchev–Trinajstić information content (AvgIpc) is 2.30. The van der Waals surface area contributed by atoms with Crippen LogP contribution in [-0.4, -0.2) is 29.9 Å². The van der Waals surface area contributed by atoms with Crippen molar-refractivity contribution in [1.82, 2.24) is 0 Å². The minimum Gasteiger partial charge on any atom is -0.248 e. The minimum absolute atomic E-state index is 0.0118. The Bertz CT molecular complexity index is 372. The van der Waals surface area contributed by atoms with Crippen molar-refractivity contribution in [1.29, 1.82) is 0 Å². The third-order valence-corrected chi connectivity index (χ3v) is 6.21. The van der Waals surface area contributed by atoms with Crippen LogP contribution in [0.1, 0.15) is 32.6 Å². The molecule has 0 N–H and O–H groups in total. The number of hydrogen-bond acceptors (Lipinski definition) is 4. The second-order valence-electron chi connectivity index (χ2n) is 3.90. The Morgan fingerprint density at radius 3 is 2.56 bits per heavy atom. The fourth-order valence-electron chi connectivity index (χ4n) is 1.23. The maximum absolute atomic E-state index is 11.5. The Morgan fingerprint density at radius 2 is 1.94 bits per heavy atom. The summed E-state index contributed by atoms with van der Waals surface area (Å²) in [4.78, 5) is 0. The number of sulfone groups is 1. The summed E-state index contributed by atoms with van der Waals surface area (Å²) in [7, 11) is -2.82. The first kappa shape index (κ1) is 17.9. The van der Waals surface area contributed by atoms with Crippen LogP contribution in [0.2, 0.25) is 0 Å². The van der Waals surface area contributed by atoms with Crippen molar-refractivity contribution >= 4 is 30.5 Å². The van der Waals surface area contributed by atoms with E-state index in [0.717, 1.165) is 12.8 Å². The second kappa shape index (κ2) is 10.8. The first-order valence-electron chi connectivity index (χ1n) is 6.03. The molecule has 18 heavy (non-hydrogen) atoms. The molecule has 0 fully saturated rings. The number of unbranched alkanes of at least 4 members (excludes halogenated alkanes) is 3. The first-order chi connectivity index (χ1) is 8.52. The maximum Gasteiger partial charge on any atom is 0.157 e. The molecular formula is C12H22O3S3. The molecule has 0 spiro atoms. The predicted molar refractivity (Wildman–Crippen MR) is 82.7 cm³/mol. The van der Waals surface area contributed by atoms with Crippen molar-refractivity contribution in [3.63, 3.8) is 0 Å². The van der Waals surface area contributed by atoms with Crippen molar-refractivity contribution in [2.24, 2.45) is 0 Å². The summed E-state index contributed by atoms with van der Waals surface area (Å²) < 4.78 is 34.1. The normalized spacial score (nSPS) is 13.8. The molecule has 0 heterocycles. The predicted octanol–water partition coefficient (Wildman–Crippen LogP) is 3.08. The summed E-state index contributed by atoms with van der Waals surface area (Å²) in [6.07, 6.45) is 7.35. The van der Waals surface area contributed by atoms with E-state index >= 15 is 0 Å². The number of rotatable bonds is 11. The molecule has 0 aliphatic heterocycles. The van der Waals surface area contributed by atoms with Crippen molar-refractivity contribution < 1.29 is 12.6 Å². The highest BCUT2D eigenvalue weighted by Gasteiger charge is 2.04. The molecule has 1 atom stereocenters. The van der Waals surface area contributed by atoms with Gasteiger partial charge in [-0.15, -0.1) is 6.58 Å². The van der Waals surface area contributed by atoms with E-state index in [2.05, 4.69) is 13.5 Å². The van der Waals surface area contributed by atoms with E-state index in [-0.39, 0.29) is 11.5 Å². The van der Waals surface area contributed by atoms with E-state index in [0.29, 0.717) is 5.75 Å². The van der Waals surface area contributed by atoms with Gasteiger partial charge in [0.05, 0.1) is 21.3 Å². The van der Waals surface area contributed by atoms with Gasteiger partial charge in [0.2, 0.25) is 0 Å². The third-order valence-electron chi connectivity index (χ3n) is 2.15. The summed E-state index contributed by atoms with van der Waals surface area (Å²) >= 11 is 0. The van der Waals surface area contributed by atoms with Crippen LogP contribution in [0.5, 0.6) is 0 Å². The van der Waals surface area contributed by atoms with Crippen LogP contribution in [0.25, 0.3) is 0 Å². The van der Waals surface area contributed by atoms with Crippen LogP contribution in [0.4, 0.5) is 0 Å². The van der Waals surface area contributed by atoms with Crippen molar-refractivity contribution in [3.05, 3.63) is 24.1 Å². The summed E-state index contributed by atoms with van der Waals surface area (Å²) in [6, 6.07) is 0. The molecule has 0 saturated heterocycles. The molecule has 0 aromatic heterocycles. The number of hydrogen-bond donors (Lipinski definition) is 0. The molecule has 0 aliphatic carbocycles. The molecule has 0 saturated carbocycles. The topological polar surface area (TPSA) is 51.2 Å². The maximum atomic E-state index is 11.5. The summed E-state index contributed by atoms with van der Waals surface area (Å²) in [6.45, 7) is 5.53. The molecule has 0 amide bonds. The Kier molecular flexibility index (Phi) is 10.8. The van der Waals surface area contributed by atoms with E-state index < -0.39 is 19.7 Å². The lowest BCUT2D eigenvalue weighted by Gasteiger charge is -1.98. The van der Waals surface area contributed by atoms with Crippen LogP contribution in [0, 0.1) is 0 Å². The summed E-state index contributed by atoms with van der Waals surface area (Å²) in [5.41, 5.74) is 0. The van der Waals surface area contributed by atoms with Gasteiger partial charge in [0.1, 0.15) is 0 Å². The second-order valence-corrected chi connectivity index (χ2v) is 9.23. The van der Waals surface area contributed by atoms with Gasteiger partial charge in [-0.05, 0) is 22.6 Å². The fraction of sp³-hybridized carbons (Fsp3) is 0.667. The molecule has 0 aliphatic rings. The van der Waals surface area contributed by atoms with Crippen LogP contribution in [0.15, 0.2) is 24.1 Å². The van der Waals surface area contributed by atoms with E-state index in [1.54, 1.807) is 11.5 Å². The zero-order chi connectivity index (χ0) is 13.9. The average molecular weight is 311 g/mol. The summed E-state index contributed by atoms with van der Waals surface area (Å²) in [5.74, 6) is 0.648. The molecular weight excluding hydrogens is 288 g/mol. The largest absolute Gasteiger partial charge is 0.248 e. The minimum atomic E-state index is -3.07. The van der Waals surface area contributed by atoms with Gasteiger partial charge in [0.15, 0.2) is 9.84 Å². The lowest BCUT2D eigenvalue weighted by atomic mass is 10.2. The highest BCUT2D eigenvalue weighted by atomic mass is 33.1. The lowest BCUT2D eigenvalue weighted by molar-refractivity contribution is 0.602. The smallest absolute Gasteiger partial charge is 0.157 e. The van der Waals surface area contributed by atoms with Gasteiger partial charge in [-0.1, -0.05) is 38.3 Å². The summed E-state index contributed by atoms with van der Waals surface area (Å²) in [5, 5.41) is 1.62. The highest BCUT2D eigenvalue weighted by Crippen LogP contribution is 2.12. The van der Waals surface area contributed by atoms with Gasteiger partial charge in [0, 0.05) is 5.75 Å². The third kappa shape index (κ3) is 11.0.